The van der Waals surface area contributed by atoms with Crippen molar-refractivity contribution in [2.45, 2.75) is 26.2 Å². The topological polar surface area (TPSA) is 44.9 Å². The standard InChI is InChI=1S/C19H19ClN2O/c1-2-3-4-19(23)21-16-8-5-13(6-9-16)18-12-14-11-15(20)7-10-17(14)22-18/h5-12,22H,2-4H2,1H3,(H,21,23). The smallest absolute Gasteiger partial charge is 0.224 e. The molecule has 0 unspecified atom stereocenters. The Morgan fingerprint density at radius 1 is 1.13 bits per heavy atom. The first-order chi connectivity index (χ1) is 11.2. The van der Waals surface area contributed by atoms with Crippen LogP contribution in [0.3, 0.4) is 0 Å². The van der Waals surface area contributed by atoms with Gasteiger partial charge >= 0.3 is 0 Å². The van der Waals surface area contributed by atoms with Crippen LogP contribution in [-0.4, -0.2) is 10.9 Å². The zero-order valence-electron chi connectivity index (χ0n) is 13.0. The average Bonchev–Trinajstić information content (AvgIpc) is 2.96. The number of rotatable bonds is 5. The fraction of sp³-hybridized carbons (Fsp3) is 0.211. The maximum Gasteiger partial charge on any atom is 0.224 e. The molecular formula is C19H19ClN2O. The monoisotopic (exact) mass is 326 g/mol. The zero-order valence-corrected chi connectivity index (χ0v) is 13.8. The van der Waals surface area contributed by atoms with Gasteiger partial charge in [0.2, 0.25) is 5.91 Å². The van der Waals surface area contributed by atoms with Crippen molar-refractivity contribution in [3.8, 4) is 11.3 Å². The first kappa shape index (κ1) is 15.6. The minimum absolute atomic E-state index is 0.0693. The molecular weight excluding hydrogens is 308 g/mol. The Balaban J connectivity index is 1.76. The minimum Gasteiger partial charge on any atom is -0.355 e. The Kier molecular flexibility index (Phi) is 4.68. The number of carbonyl (C=O) groups is 1. The molecule has 0 fully saturated rings. The molecule has 1 amide bonds. The second-order valence-corrected chi connectivity index (χ2v) is 6.08. The van der Waals surface area contributed by atoms with Crippen LogP contribution >= 0.6 is 11.6 Å². The van der Waals surface area contributed by atoms with Gasteiger partial charge in [0.15, 0.2) is 0 Å². The van der Waals surface area contributed by atoms with E-state index >= 15 is 0 Å². The number of carbonyl (C=O) groups excluding carboxylic acids is 1. The lowest BCUT2D eigenvalue weighted by Gasteiger charge is -2.05. The summed E-state index contributed by atoms with van der Waals surface area (Å²) in [5.41, 5.74) is 3.99. The molecule has 2 N–H and O–H groups in total. The van der Waals surface area contributed by atoms with Crippen LogP contribution in [0, 0.1) is 0 Å². The summed E-state index contributed by atoms with van der Waals surface area (Å²) in [5.74, 6) is 0.0693. The van der Waals surface area contributed by atoms with Crippen LogP contribution in [-0.2, 0) is 4.79 Å². The summed E-state index contributed by atoms with van der Waals surface area (Å²) in [4.78, 5) is 15.1. The number of aromatic nitrogens is 1. The van der Waals surface area contributed by atoms with E-state index in [1.165, 1.54) is 0 Å². The highest BCUT2D eigenvalue weighted by Gasteiger charge is 2.05. The second kappa shape index (κ2) is 6.88. The van der Waals surface area contributed by atoms with Gasteiger partial charge in [-0.15, -0.1) is 0 Å². The minimum atomic E-state index is 0.0693. The lowest BCUT2D eigenvalue weighted by atomic mass is 10.1. The summed E-state index contributed by atoms with van der Waals surface area (Å²) in [5, 5.41) is 4.74. The van der Waals surface area contributed by atoms with Gasteiger partial charge in [-0.1, -0.05) is 37.1 Å². The van der Waals surface area contributed by atoms with Gasteiger partial charge in [-0.25, -0.2) is 0 Å². The molecule has 3 nitrogen and oxygen atoms in total. The summed E-state index contributed by atoms with van der Waals surface area (Å²) < 4.78 is 0. The maximum absolute atomic E-state index is 11.7. The van der Waals surface area contributed by atoms with Crippen LogP contribution in [0.1, 0.15) is 26.2 Å². The first-order valence-corrected chi connectivity index (χ1v) is 8.22. The number of hydrogen-bond donors (Lipinski definition) is 2. The number of benzene rings is 2. The zero-order chi connectivity index (χ0) is 16.2. The molecule has 23 heavy (non-hydrogen) atoms. The highest BCUT2D eigenvalue weighted by Crippen LogP contribution is 2.27. The van der Waals surface area contributed by atoms with Gasteiger partial charge in [-0.05, 0) is 48.4 Å². The van der Waals surface area contributed by atoms with Gasteiger partial charge in [-0.2, -0.15) is 0 Å². The molecule has 1 heterocycles. The van der Waals surface area contributed by atoms with E-state index < -0.39 is 0 Å². The summed E-state index contributed by atoms with van der Waals surface area (Å²) in [7, 11) is 0. The Labute approximate surface area is 140 Å². The van der Waals surface area contributed by atoms with E-state index in [2.05, 4.69) is 23.3 Å². The number of hydrogen-bond acceptors (Lipinski definition) is 1. The molecule has 0 radical (unpaired) electrons. The summed E-state index contributed by atoms with van der Waals surface area (Å²) in [6, 6.07) is 15.7. The Morgan fingerprint density at radius 2 is 1.91 bits per heavy atom. The average molecular weight is 327 g/mol. The molecule has 0 bridgehead atoms. The largest absolute Gasteiger partial charge is 0.355 e. The number of fused-ring (bicyclic) bond motifs is 1. The molecule has 0 atom stereocenters. The van der Waals surface area contributed by atoms with Crippen molar-refractivity contribution in [3.63, 3.8) is 0 Å². The number of anilines is 1. The summed E-state index contributed by atoms with van der Waals surface area (Å²) >= 11 is 6.03. The van der Waals surface area contributed by atoms with E-state index in [1.807, 2.05) is 42.5 Å². The van der Waals surface area contributed by atoms with Crippen molar-refractivity contribution < 1.29 is 4.79 Å². The van der Waals surface area contributed by atoms with Gasteiger partial charge in [0.05, 0.1) is 0 Å². The fourth-order valence-electron chi connectivity index (χ4n) is 2.55. The normalized spacial score (nSPS) is 10.9. The molecule has 0 saturated carbocycles. The van der Waals surface area contributed by atoms with Crippen LogP contribution in [0.4, 0.5) is 5.69 Å². The van der Waals surface area contributed by atoms with E-state index in [4.69, 9.17) is 11.6 Å². The predicted octanol–water partition coefficient (Wildman–Crippen LogP) is 5.62. The van der Waals surface area contributed by atoms with Gasteiger partial charge in [0.1, 0.15) is 0 Å². The number of nitrogens with one attached hydrogen (secondary N) is 2. The number of aromatic amines is 1. The van der Waals surface area contributed by atoms with Gasteiger partial charge in [0, 0.05) is 33.7 Å². The Morgan fingerprint density at radius 3 is 2.65 bits per heavy atom. The molecule has 0 aliphatic rings. The van der Waals surface area contributed by atoms with E-state index in [1.54, 1.807) is 0 Å². The number of amides is 1. The van der Waals surface area contributed by atoms with Gasteiger partial charge in [0.25, 0.3) is 0 Å². The third kappa shape index (κ3) is 3.74. The van der Waals surface area contributed by atoms with Crippen molar-refractivity contribution in [1.82, 2.24) is 4.98 Å². The fourth-order valence-corrected chi connectivity index (χ4v) is 2.73. The van der Waals surface area contributed by atoms with Crippen molar-refractivity contribution in [2.75, 3.05) is 5.32 Å². The van der Waals surface area contributed by atoms with E-state index in [0.717, 1.165) is 45.7 Å². The highest BCUT2D eigenvalue weighted by molar-refractivity contribution is 6.31. The highest BCUT2D eigenvalue weighted by atomic mass is 35.5. The van der Waals surface area contributed by atoms with Crippen molar-refractivity contribution >= 4 is 34.1 Å². The van der Waals surface area contributed by atoms with Crippen molar-refractivity contribution in [3.05, 3.63) is 53.6 Å². The quantitative estimate of drug-likeness (QED) is 0.628. The summed E-state index contributed by atoms with van der Waals surface area (Å²) in [6.45, 7) is 2.08. The van der Waals surface area contributed by atoms with Crippen LogP contribution in [0.15, 0.2) is 48.5 Å². The van der Waals surface area contributed by atoms with Crippen LogP contribution in [0.25, 0.3) is 22.2 Å². The second-order valence-electron chi connectivity index (χ2n) is 5.64. The lowest BCUT2D eigenvalue weighted by molar-refractivity contribution is -0.116. The SMILES string of the molecule is CCCCC(=O)Nc1ccc(-c2cc3cc(Cl)ccc3[nH]2)cc1. The number of halogens is 1. The van der Waals surface area contributed by atoms with Crippen molar-refractivity contribution in [1.29, 1.82) is 0 Å². The van der Waals surface area contributed by atoms with E-state index in [9.17, 15) is 4.79 Å². The third-order valence-corrected chi connectivity index (χ3v) is 4.05. The number of H-pyrrole nitrogens is 1. The number of unbranched alkanes of at least 4 members (excludes halogenated alkanes) is 1. The predicted molar refractivity (Wildman–Crippen MR) is 96.9 cm³/mol. The summed E-state index contributed by atoms with van der Waals surface area (Å²) in [6.07, 6.45) is 2.51. The van der Waals surface area contributed by atoms with Crippen LogP contribution in [0.5, 0.6) is 0 Å². The molecule has 2 aromatic carbocycles. The first-order valence-electron chi connectivity index (χ1n) is 7.84. The molecule has 3 rings (SSSR count). The van der Waals surface area contributed by atoms with Crippen LogP contribution < -0.4 is 5.32 Å². The molecule has 118 valence electrons. The van der Waals surface area contributed by atoms with Gasteiger partial charge < -0.3 is 10.3 Å². The van der Waals surface area contributed by atoms with Crippen molar-refractivity contribution in [2.24, 2.45) is 0 Å². The van der Waals surface area contributed by atoms with E-state index in [0.29, 0.717) is 6.42 Å². The Hall–Kier alpha value is -2.26. The molecule has 0 saturated heterocycles. The Bertz CT molecular complexity index is 821. The van der Waals surface area contributed by atoms with E-state index in [-0.39, 0.29) is 5.91 Å². The van der Waals surface area contributed by atoms with Gasteiger partial charge in [-0.3, -0.25) is 4.79 Å². The van der Waals surface area contributed by atoms with Crippen LogP contribution in [0.2, 0.25) is 5.02 Å². The third-order valence-electron chi connectivity index (χ3n) is 3.82. The molecule has 3 aromatic rings. The molecule has 0 spiro atoms. The molecule has 1 aromatic heterocycles. The maximum atomic E-state index is 11.7. The lowest BCUT2D eigenvalue weighted by Crippen LogP contribution is -2.10. The molecule has 0 aliphatic carbocycles. The molecule has 4 heteroatoms. The molecule has 0 aliphatic heterocycles.